The minimum absolute atomic E-state index is 0.221. The Bertz CT molecular complexity index is 548. The van der Waals surface area contributed by atoms with Crippen LogP contribution in [0.4, 0.5) is 0 Å². The summed E-state index contributed by atoms with van der Waals surface area (Å²) < 4.78 is 5.23. The number of phenols is 1. The van der Waals surface area contributed by atoms with E-state index in [1.165, 1.54) is 96.0 Å². The fraction of sp³-hybridized carbons (Fsp3) is 0.667. The number of esters is 1. The first-order valence-electron chi connectivity index (χ1n) is 12.4. The normalized spacial score (nSPS) is 11.2. The molecule has 30 heavy (non-hydrogen) atoms. The molecule has 1 rings (SSSR count). The summed E-state index contributed by atoms with van der Waals surface area (Å²) >= 11 is 0. The number of benzene rings is 1. The van der Waals surface area contributed by atoms with Gasteiger partial charge in [0.2, 0.25) is 0 Å². The summed E-state index contributed by atoms with van der Waals surface area (Å²) in [6.45, 7) is 2.77. The van der Waals surface area contributed by atoms with Crippen molar-refractivity contribution in [3.63, 3.8) is 0 Å². The highest BCUT2D eigenvalue weighted by Crippen LogP contribution is 2.14. The smallest absolute Gasteiger partial charge is 0.330 e. The van der Waals surface area contributed by atoms with Crippen LogP contribution in [-0.4, -0.2) is 17.7 Å². The molecule has 0 saturated carbocycles. The second-order valence-corrected chi connectivity index (χ2v) is 8.40. The maximum absolute atomic E-state index is 11.7. The van der Waals surface area contributed by atoms with Crippen LogP contribution in [0.25, 0.3) is 6.08 Å². The fourth-order valence-corrected chi connectivity index (χ4v) is 3.62. The van der Waals surface area contributed by atoms with E-state index < -0.39 is 0 Å². The molecule has 3 heteroatoms. The van der Waals surface area contributed by atoms with E-state index in [2.05, 4.69) is 6.92 Å². The molecule has 0 aliphatic rings. The van der Waals surface area contributed by atoms with E-state index in [0.29, 0.717) is 6.61 Å². The van der Waals surface area contributed by atoms with Gasteiger partial charge in [-0.1, -0.05) is 115 Å². The first-order valence-corrected chi connectivity index (χ1v) is 12.4. The van der Waals surface area contributed by atoms with Crippen molar-refractivity contribution in [3.8, 4) is 5.75 Å². The Hall–Kier alpha value is -1.77. The molecular weight excluding hydrogens is 372 g/mol. The predicted molar refractivity (Wildman–Crippen MR) is 128 cm³/mol. The van der Waals surface area contributed by atoms with Crippen molar-refractivity contribution in [3.05, 3.63) is 35.9 Å². The van der Waals surface area contributed by atoms with Gasteiger partial charge >= 0.3 is 5.97 Å². The highest BCUT2D eigenvalue weighted by molar-refractivity contribution is 5.87. The third-order valence-electron chi connectivity index (χ3n) is 5.55. The van der Waals surface area contributed by atoms with Crippen molar-refractivity contribution < 1.29 is 14.6 Å². The standard InChI is InChI=1S/C27H44O3/c1-2-3-4-5-6-7-8-9-10-11-12-13-14-15-16-17-24-30-27(29)23-20-25-18-21-26(28)22-19-25/h18-23,28H,2-17,24H2,1H3. The van der Waals surface area contributed by atoms with Crippen LogP contribution in [-0.2, 0) is 9.53 Å². The number of ether oxygens (including phenoxy) is 1. The third kappa shape index (κ3) is 16.1. The Morgan fingerprint density at radius 1 is 0.733 bits per heavy atom. The molecule has 0 aromatic heterocycles. The average Bonchev–Trinajstić information content (AvgIpc) is 2.75. The van der Waals surface area contributed by atoms with Crippen molar-refractivity contribution in [1.29, 1.82) is 0 Å². The van der Waals surface area contributed by atoms with Crippen LogP contribution in [0, 0.1) is 0 Å². The molecule has 0 unspecified atom stereocenters. The summed E-state index contributed by atoms with van der Waals surface area (Å²) in [6, 6.07) is 6.71. The molecule has 0 saturated heterocycles. The van der Waals surface area contributed by atoms with Gasteiger partial charge in [0.15, 0.2) is 0 Å². The number of carbonyl (C=O) groups excluding carboxylic acids is 1. The molecule has 3 nitrogen and oxygen atoms in total. The van der Waals surface area contributed by atoms with Gasteiger partial charge in [-0.25, -0.2) is 4.79 Å². The van der Waals surface area contributed by atoms with Crippen LogP contribution in [0.15, 0.2) is 30.3 Å². The van der Waals surface area contributed by atoms with Crippen molar-refractivity contribution in [2.75, 3.05) is 6.61 Å². The average molecular weight is 417 g/mol. The Morgan fingerprint density at radius 2 is 1.17 bits per heavy atom. The minimum Gasteiger partial charge on any atom is -0.508 e. The zero-order valence-corrected chi connectivity index (χ0v) is 19.2. The van der Waals surface area contributed by atoms with Crippen molar-refractivity contribution >= 4 is 12.0 Å². The lowest BCUT2D eigenvalue weighted by Crippen LogP contribution is -2.02. The Labute approximate surface area is 184 Å². The second-order valence-electron chi connectivity index (χ2n) is 8.40. The van der Waals surface area contributed by atoms with Gasteiger partial charge in [-0.3, -0.25) is 0 Å². The summed E-state index contributed by atoms with van der Waals surface area (Å²) in [4.78, 5) is 11.7. The summed E-state index contributed by atoms with van der Waals surface area (Å²) in [7, 11) is 0. The van der Waals surface area contributed by atoms with Crippen LogP contribution in [0.1, 0.15) is 115 Å². The molecular formula is C27H44O3. The number of carbonyl (C=O) groups is 1. The Morgan fingerprint density at radius 3 is 1.63 bits per heavy atom. The molecule has 170 valence electrons. The summed E-state index contributed by atoms with van der Waals surface area (Å²) in [6.07, 6.45) is 24.6. The maximum atomic E-state index is 11.7. The van der Waals surface area contributed by atoms with Gasteiger partial charge in [0.05, 0.1) is 6.61 Å². The molecule has 0 bridgehead atoms. The van der Waals surface area contributed by atoms with E-state index in [4.69, 9.17) is 4.74 Å². The lowest BCUT2D eigenvalue weighted by atomic mass is 10.0. The van der Waals surface area contributed by atoms with Crippen LogP contribution in [0.2, 0.25) is 0 Å². The minimum atomic E-state index is -0.302. The Kier molecular flexibility index (Phi) is 16.8. The number of rotatable bonds is 19. The maximum Gasteiger partial charge on any atom is 0.330 e. The molecule has 0 atom stereocenters. The highest BCUT2D eigenvalue weighted by Gasteiger charge is 1.98. The molecule has 0 aliphatic heterocycles. The summed E-state index contributed by atoms with van der Waals surface area (Å²) in [5, 5.41) is 9.23. The van der Waals surface area contributed by atoms with Gasteiger partial charge in [-0.05, 0) is 30.2 Å². The molecule has 0 amide bonds. The molecule has 0 aliphatic carbocycles. The van der Waals surface area contributed by atoms with E-state index in [0.717, 1.165) is 18.4 Å². The van der Waals surface area contributed by atoms with Crippen LogP contribution in [0.3, 0.4) is 0 Å². The number of hydrogen-bond donors (Lipinski definition) is 1. The zero-order valence-electron chi connectivity index (χ0n) is 19.2. The third-order valence-corrected chi connectivity index (χ3v) is 5.55. The van der Waals surface area contributed by atoms with Gasteiger partial charge in [-0.15, -0.1) is 0 Å². The van der Waals surface area contributed by atoms with E-state index in [9.17, 15) is 9.90 Å². The van der Waals surface area contributed by atoms with Gasteiger partial charge in [0, 0.05) is 6.08 Å². The molecule has 1 N–H and O–H groups in total. The first kappa shape index (κ1) is 26.3. The molecule has 0 radical (unpaired) electrons. The van der Waals surface area contributed by atoms with Crippen molar-refractivity contribution in [1.82, 2.24) is 0 Å². The van der Waals surface area contributed by atoms with Crippen LogP contribution in [0.5, 0.6) is 5.75 Å². The SMILES string of the molecule is CCCCCCCCCCCCCCCCCCOC(=O)C=Cc1ccc(O)cc1. The largest absolute Gasteiger partial charge is 0.508 e. The number of hydrogen-bond acceptors (Lipinski definition) is 3. The van der Waals surface area contributed by atoms with Gasteiger partial charge < -0.3 is 9.84 Å². The lowest BCUT2D eigenvalue weighted by molar-refractivity contribution is -0.137. The van der Waals surface area contributed by atoms with Gasteiger partial charge in [-0.2, -0.15) is 0 Å². The van der Waals surface area contributed by atoms with Crippen molar-refractivity contribution in [2.45, 2.75) is 110 Å². The monoisotopic (exact) mass is 416 g/mol. The molecule has 0 heterocycles. The molecule has 1 aromatic rings. The van der Waals surface area contributed by atoms with E-state index in [-0.39, 0.29) is 11.7 Å². The Balaban J connectivity index is 1.81. The van der Waals surface area contributed by atoms with E-state index in [1.54, 1.807) is 30.3 Å². The predicted octanol–water partition coefficient (Wildman–Crippen LogP) is 8.21. The number of unbranched alkanes of at least 4 members (excludes halogenated alkanes) is 15. The molecule has 0 spiro atoms. The number of phenolic OH excluding ortho intramolecular Hbond substituents is 1. The quantitative estimate of drug-likeness (QED) is 0.140. The van der Waals surface area contributed by atoms with Crippen LogP contribution < -0.4 is 0 Å². The van der Waals surface area contributed by atoms with E-state index >= 15 is 0 Å². The summed E-state index contributed by atoms with van der Waals surface area (Å²) in [5.41, 5.74) is 0.868. The first-order chi connectivity index (χ1) is 14.7. The molecule has 0 fully saturated rings. The fourth-order valence-electron chi connectivity index (χ4n) is 3.62. The van der Waals surface area contributed by atoms with E-state index in [1.807, 2.05) is 0 Å². The molecule has 1 aromatic carbocycles. The number of aromatic hydroxyl groups is 1. The zero-order chi connectivity index (χ0) is 21.7. The van der Waals surface area contributed by atoms with Crippen molar-refractivity contribution in [2.24, 2.45) is 0 Å². The highest BCUT2D eigenvalue weighted by atomic mass is 16.5. The van der Waals surface area contributed by atoms with Gasteiger partial charge in [0.25, 0.3) is 0 Å². The summed E-state index contributed by atoms with van der Waals surface area (Å²) in [5.74, 6) is -0.0812. The van der Waals surface area contributed by atoms with Gasteiger partial charge in [0.1, 0.15) is 5.75 Å². The lowest BCUT2D eigenvalue weighted by Gasteiger charge is -2.04. The van der Waals surface area contributed by atoms with Crippen LogP contribution >= 0.6 is 0 Å². The second kappa shape index (κ2) is 19.2. The topological polar surface area (TPSA) is 46.5 Å².